The lowest BCUT2D eigenvalue weighted by atomic mass is 9.95. The second kappa shape index (κ2) is 8.36. The minimum Gasteiger partial charge on any atom is -0.496 e. The molecular formula is C23H25N3O3S. The SMILES string of the molecule is C=CCNC(=O)c1c(NC(=O)c2cc3c(OC)cccc3n2C)sc2c1CCCC2. The van der Waals surface area contributed by atoms with E-state index in [1.807, 2.05) is 35.9 Å². The number of carbonyl (C=O) groups excluding carboxylic acids is 2. The smallest absolute Gasteiger partial charge is 0.272 e. The summed E-state index contributed by atoms with van der Waals surface area (Å²) < 4.78 is 7.28. The standard InChI is InChI=1S/C23H25N3O3S/c1-4-12-24-22(28)20-14-8-5-6-11-19(14)30-23(20)25-21(27)17-13-15-16(26(17)2)9-7-10-18(15)29-3/h4,7,9-10,13H,1,5-6,8,11-12H2,2-3H3,(H,24,28)(H,25,27). The quantitative estimate of drug-likeness (QED) is 0.581. The summed E-state index contributed by atoms with van der Waals surface area (Å²) in [6, 6.07) is 7.55. The van der Waals surface area contributed by atoms with Crippen LogP contribution in [0.3, 0.4) is 0 Å². The van der Waals surface area contributed by atoms with Gasteiger partial charge in [0.15, 0.2) is 0 Å². The van der Waals surface area contributed by atoms with Crippen molar-refractivity contribution in [3.05, 3.63) is 58.6 Å². The van der Waals surface area contributed by atoms with E-state index in [-0.39, 0.29) is 11.8 Å². The van der Waals surface area contributed by atoms with E-state index in [0.717, 1.165) is 47.9 Å². The van der Waals surface area contributed by atoms with Gasteiger partial charge in [-0.05, 0) is 49.4 Å². The molecule has 0 saturated heterocycles. The van der Waals surface area contributed by atoms with Gasteiger partial charge in [0.1, 0.15) is 16.4 Å². The highest BCUT2D eigenvalue weighted by atomic mass is 32.1. The van der Waals surface area contributed by atoms with E-state index in [4.69, 9.17) is 4.74 Å². The lowest BCUT2D eigenvalue weighted by Gasteiger charge is -2.13. The molecule has 1 aliphatic rings. The Kier molecular flexibility index (Phi) is 5.63. The van der Waals surface area contributed by atoms with Gasteiger partial charge in [0.2, 0.25) is 0 Å². The van der Waals surface area contributed by atoms with Crippen molar-refractivity contribution in [1.29, 1.82) is 0 Å². The van der Waals surface area contributed by atoms with Crippen molar-refractivity contribution in [2.75, 3.05) is 19.0 Å². The third kappa shape index (κ3) is 3.50. The Bertz CT molecular complexity index is 1140. The van der Waals surface area contributed by atoms with E-state index in [2.05, 4.69) is 17.2 Å². The van der Waals surface area contributed by atoms with Crippen LogP contribution in [0.2, 0.25) is 0 Å². The number of aryl methyl sites for hydroxylation is 2. The molecule has 2 aromatic heterocycles. The van der Waals surface area contributed by atoms with Crippen molar-refractivity contribution in [2.45, 2.75) is 25.7 Å². The molecular weight excluding hydrogens is 398 g/mol. The van der Waals surface area contributed by atoms with Gasteiger partial charge in [0, 0.05) is 23.9 Å². The molecule has 1 aromatic carbocycles. The van der Waals surface area contributed by atoms with E-state index in [1.54, 1.807) is 13.2 Å². The van der Waals surface area contributed by atoms with Crippen molar-refractivity contribution in [2.24, 2.45) is 7.05 Å². The molecule has 30 heavy (non-hydrogen) atoms. The van der Waals surface area contributed by atoms with Gasteiger partial charge in [-0.2, -0.15) is 0 Å². The fraction of sp³-hybridized carbons (Fsp3) is 0.304. The Hall–Kier alpha value is -3.06. The Labute approximate surface area is 179 Å². The van der Waals surface area contributed by atoms with Crippen LogP contribution in [0.1, 0.15) is 44.1 Å². The lowest BCUT2D eigenvalue weighted by molar-refractivity contribution is 0.0958. The maximum absolute atomic E-state index is 13.2. The average Bonchev–Trinajstić information content (AvgIpc) is 3.29. The molecule has 7 heteroatoms. The molecule has 1 aliphatic carbocycles. The normalized spacial score (nSPS) is 13.0. The minimum absolute atomic E-state index is 0.164. The summed E-state index contributed by atoms with van der Waals surface area (Å²) in [6.07, 6.45) is 5.63. The number of hydrogen-bond donors (Lipinski definition) is 2. The van der Waals surface area contributed by atoms with Crippen LogP contribution in [0.25, 0.3) is 10.9 Å². The number of amides is 2. The second-order valence-corrected chi connectivity index (χ2v) is 8.45. The first kappa shape index (κ1) is 20.2. The van der Waals surface area contributed by atoms with Crippen LogP contribution in [0.5, 0.6) is 5.75 Å². The van der Waals surface area contributed by atoms with Crippen LogP contribution in [0, 0.1) is 0 Å². The van der Waals surface area contributed by atoms with Crippen molar-refractivity contribution >= 4 is 39.1 Å². The van der Waals surface area contributed by atoms with Crippen LogP contribution in [-0.2, 0) is 19.9 Å². The minimum atomic E-state index is -0.243. The first-order valence-electron chi connectivity index (χ1n) is 10.0. The maximum Gasteiger partial charge on any atom is 0.272 e. The first-order valence-corrected chi connectivity index (χ1v) is 10.8. The molecule has 156 valence electrons. The summed E-state index contributed by atoms with van der Waals surface area (Å²) in [7, 11) is 3.47. The van der Waals surface area contributed by atoms with Crippen molar-refractivity contribution < 1.29 is 14.3 Å². The molecule has 0 radical (unpaired) electrons. The topological polar surface area (TPSA) is 72.4 Å². The Morgan fingerprint density at radius 1 is 1.27 bits per heavy atom. The number of anilines is 1. The molecule has 4 rings (SSSR count). The highest BCUT2D eigenvalue weighted by Crippen LogP contribution is 2.38. The van der Waals surface area contributed by atoms with Gasteiger partial charge in [-0.15, -0.1) is 17.9 Å². The molecule has 0 bridgehead atoms. The number of rotatable bonds is 6. The van der Waals surface area contributed by atoms with E-state index in [9.17, 15) is 9.59 Å². The summed E-state index contributed by atoms with van der Waals surface area (Å²) in [6.45, 7) is 4.05. The van der Waals surface area contributed by atoms with Gasteiger partial charge in [-0.25, -0.2) is 0 Å². The summed E-state index contributed by atoms with van der Waals surface area (Å²) in [4.78, 5) is 27.2. The fourth-order valence-electron chi connectivity index (χ4n) is 4.04. The van der Waals surface area contributed by atoms with Gasteiger partial charge in [0.25, 0.3) is 11.8 Å². The fourth-order valence-corrected chi connectivity index (χ4v) is 5.33. The zero-order chi connectivity index (χ0) is 21.3. The number of thiophene rings is 1. The average molecular weight is 424 g/mol. The van der Waals surface area contributed by atoms with Crippen LogP contribution in [0.15, 0.2) is 36.9 Å². The molecule has 3 aromatic rings. The number of aromatic nitrogens is 1. The van der Waals surface area contributed by atoms with E-state index < -0.39 is 0 Å². The maximum atomic E-state index is 13.2. The van der Waals surface area contributed by atoms with E-state index >= 15 is 0 Å². The van der Waals surface area contributed by atoms with Crippen LogP contribution in [-0.4, -0.2) is 30.0 Å². The molecule has 2 heterocycles. The zero-order valence-corrected chi connectivity index (χ0v) is 18.0. The number of benzene rings is 1. The molecule has 0 saturated carbocycles. The molecule has 0 aliphatic heterocycles. The van der Waals surface area contributed by atoms with Gasteiger partial charge in [-0.3, -0.25) is 9.59 Å². The molecule has 6 nitrogen and oxygen atoms in total. The molecule has 0 unspecified atom stereocenters. The largest absolute Gasteiger partial charge is 0.496 e. The van der Waals surface area contributed by atoms with Gasteiger partial charge in [0.05, 0.1) is 18.2 Å². The van der Waals surface area contributed by atoms with Crippen molar-refractivity contribution in [3.8, 4) is 5.75 Å². The van der Waals surface area contributed by atoms with Crippen molar-refractivity contribution in [1.82, 2.24) is 9.88 Å². The van der Waals surface area contributed by atoms with Crippen molar-refractivity contribution in [3.63, 3.8) is 0 Å². The van der Waals surface area contributed by atoms with Gasteiger partial charge in [-0.1, -0.05) is 12.1 Å². The number of nitrogens with zero attached hydrogens (tertiary/aromatic N) is 1. The number of fused-ring (bicyclic) bond motifs is 2. The summed E-state index contributed by atoms with van der Waals surface area (Å²) >= 11 is 1.51. The monoisotopic (exact) mass is 423 g/mol. The van der Waals surface area contributed by atoms with Crippen LogP contribution >= 0.6 is 11.3 Å². The summed E-state index contributed by atoms with van der Waals surface area (Å²) in [5.74, 6) is 0.314. The predicted octanol–water partition coefficient (Wildman–Crippen LogP) is 4.30. The molecule has 0 atom stereocenters. The Balaban J connectivity index is 1.71. The third-order valence-electron chi connectivity index (χ3n) is 5.53. The third-order valence-corrected chi connectivity index (χ3v) is 6.74. The summed E-state index contributed by atoms with van der Waals surface area (Å²) in [5, 5.41) is 7.37. The molecule has 2 amide bonds. The number of methoxy groups -OCH3 is 1. The summed E-state index contributed by atoms with van der Waals surface area (Å²) in [5.41, 5.74) is 3.09. The second-order valence-electron chi connectivity index (χ2n) is 7.35. The number of nitrogens with one attached hydrogen (secondary N) is 2. The number of carbonyl (C=O) groups is 2. The molecule has 2 N–H and O–H groups in total. The Morgan fingerprint density at radius 2 is 2.07 bits per heavy atom. The number of ether oxygens (including phenoxy) is 1. The highest BCUT2D eigenvalue weighted by molar-refractivity contribution is 7.17. The van der Waals surface area contributed by atoms with E-state index in [1.165, 1.54) is 16.2 Å². The lowest BCUT2D eigenvalue weighted by Crippen LogP contribution is -2.26. The highest BCUT2D eigenvalue weighted by Gasteiger charge is 2.27. The van der Waals surface area contributed by atoms with Crippen LogP contribution < -0.4 is 15.4 Å². The predicted molar refractivity (Wildman–Crippen MR) is 121 cm³/mol. The molecule has 0 spiro atoms. The first-order chi connectivity index (χ1) is 14.5. The molecule has 0 fully saturated rings. The van der Waals surface area contributed by atoms with Gasteiger partial charge >= 0.3 is 0 Å². The van der Waals surface area contributed by atoms with E-state index in [0.29, 0.717) is 22.8 Å². The zero-order valence-electron chi connectivity index (χ0n) is 17.2. The van der Waals surface area contributed by atoms with Gasteiger partial charge < -0.3 is 19.9 Å². The number of hydrogen-bond acceptors (Lipinski definition) is 4. The Morgan fingerprint density at radius 3 is 2.83 bits per heavy atom. The van der Waals surface area contributed by atoms with Crippen LogP contribution in [0.4, 0.5) is 5.00 Å².